The molecule has 2 N–H and O–H groups in total. The van der Waals surface area contributed by atoms with Crippen molar-refractivity contribution in [1.29, 1.82) is 5.26 Å². The monoisotopic (exact) mass is 412 g/mol. The quantitative estimate of drug-likeness (QED) is 0.639. The Balaban J connectivity index is 1.39. The highest BCUT2D eigenvalue weighted by Crippen LogP contribution is 2.34. The summed E-state index contributed by atoms with van der Waals surface area (Å²) in [6.45, 7) is 0.485. The summed E-state index contributed by atoms with van der Waals surface area (Å²) >= 11 is 0. The van der Waals surface area contributed by atoms with Crippen molar-refractivity contribution in [3.8, 4) is 11.8 Å². The Hall–Kier alpha value is -3.62. The number of hydrogen-bond acceptors (Lipinski definition) is 4. The van der Waals surface area contributed by atoms with Crippen LogP contribution >= 0.6 is 0 Å². The van der Waals surface area contributed by atoms with Crippen LogP contribution in [0.15, 0.2) is 72.8 Å². The van der Waals surface area contributed by atoms with Gasteiger partial charge in [-0.2, -0.15) is 5.26 Å². The Morgan fingerprint density at radius 2 is 1.90 bits per heavy atom. The Labute approximate surface area is 181 Å². The largest absolute Gasteiger partial charge is 0.489 e. The lowest BCUT2D eigenvalue weighted by Crippen LogP contribution is -2.43. The van der Waals surface area contributed by atoms with Crippen molar-refractivity contribution in [3.63, 3.8) is 0 Å². The molecule has 1 atom stereocenters. The molecule has 0 saturated carbocycles. The zero-order chi connectivity index (χ0) is 21.7. The van der Waals surface area contributed by atoms with Crippen LogP contribution in [0.4, 0.5) is 0 Å². The number of carbonyl (C=O) groups is 1. The van der Waals surface area contributed by atoms with Gasteiger partial charge in [0.25, 0.3) is 5.91 Å². The minimum atomic E-state index is -1.04. The molecule has 3 aromatic carbocycles. The number of nitrogens with one attached hydrogen (secondary N) is 1. The summed E-state index contributed by atoms with van der Waals surface area (Å²) in [6, 6.07) is 24.1. The number of benzene rings is 3. The van der Waals surface area contributed by atoms with Crippen LogP contribution < -0.4 is 10.1 Å². The first-order chi connectivity index (χ1) is 15.1. The molecular formula is C26H24N2O3. The summed E-state index contributed by atoms with van der Waals surface area (Å²) in [5.74, 6) is 0.434. The standard InChI is InChI=1S/C26H24N2O3/c27-16-19-10-12-23(13-11-19)31-17-20-5-3-7-22(15-20)25(29)28-18-26(30)14-4-8-21-6-1-2-9-24(21)26/h1-3,5-7,9-13,15,30H,4,8,14,17-18H2,(H,28,29). The second-order valence-corrected chi connectivity index (χ2v) is 7.85. The van der Waals surface area contributed by atoms with Crippen molar-refractivity contribution in [1.82, 2.24) is 5.32 Å². The lowest BCUT2D eigenvalue weighted by molar-refractivity contribution is 0.0189. The minimum absolute atomic E-state index is 0.175. The first-order valence-corrected chi connectivity index (χ1v) is 10.4. The molecule has 1 amide bonds. The van der Waals surface area contributed by atoms with E-state index in [1.165, 1.54) is 0 Å². The molecule has 1 unspecified atom stereocenters. The maximum Gasteiger partial charge on any atom is 0.251 e. The number of hydrogen-bond donors (Lipinski definition) is 2. The Morgan fingerprint density at radius 3 is 2.71 bits per heavy atom. The number of aryl methyl sites for hydroxylation is 1. The van der Waals surface area contributed by atoms with Gasteiger partial charge in [0.05, 0.1) is 18.2 Å². The van der Waals surface area contributed by atoms with Crippen LogP contribution in [0.2, 0.25) is 0 Å². The Morgan fingerprint density at radius 1 is 1.10 bits per heavy atom. The second-order valence-electron chi connectivity index (χ2n) is 7.85. The lowest BCUT2D eigenvalue weighted by Gasteiger charge is -2.34. The molecule has 3 aromatic rings. The molecule has 4 rings (SSSR count). The van der Waals surface area contributed by atoms with E-state index in [9.17, 15) is 9.90 Å². The van der Waals surface area contributed by atoms with E-state index in [2.05, 4.69) is 11.4 Å². The van der Waals surface area contributed by atoms with E-state index in [0.717, 1.165) is 29.5 Å². The first kappa shape index (κ1) is 20.6. The molecule has 1 aliphatic carbocycles. The zero-order valence-electron chi connectivity index (χ0n) is 17.2. The summed E-state index contributed by atoms with van der Waals surface area (Å²) in [4.78, 5) is 12.7. The van der Waals surface area contributed by atoms with Gasteiger partial charge in [-0.1, -0.05) is 36.4 Å². The molecule has 156 valence electrons. The average molecular weight is 412 g/mol. The third-order valence-corrected chi connectivity index (χ3v) is 5.67. The van der Waals surface area contributed by atoms with Crippen molar-refractivity contribution in [2.45, 2.75) is 31.5 Å². The molecule has 5 heteroatoms. The van der Waals surface area contributed by atoms with Crippen LogP contribution in [-0.2, 0) is 18.6 Å². The van der Waals surface area contributed by atoms with Crippen molar-refractivity contribution in [2.24, 2.45) is 0 Å². The number of nitrogens with zero attached hydrogens (tertiary/aromatic N) is 1. The molecule has 0 aliphatic heterocycles. The minimum Gasteiger partial charge on any atom is -0.489 e. The number of amides is 1. The third kappa shape index (κ3) is 4.76. The fourth-order valence-corrected chi connectivity index (χ4v) is 4.01. The lowest BCUT2D eigenvalue weighted by atomic mass is 9.79. The molecule has 0 radical (unpaired) electrons. The van der Waals surface area contributed by atoms with E-state index in [0.29, 0.717) is 29.9 Å². The summed E-state index contributed by atoms with van der Waals surface area (Å²) in [6.07, 6.45) is 2.47. The van der Waals surface area contributed by atoms with Crippen LogP contribution in [0.1, 0.15) is 45.5 Å². The number of aliphatic hydroxyl groups is 1. The molecule has 31 heavy (non-hydrogen) atoms. The normalized spacial score (nSPS) is 17.3. The molecule has 0 fully saturated rings. The second kappa shape index (κ2) is 9.03. The van der Waals surface area contributed by atoms with Crippen LogP contribution in [0.25, 0.3) is 0 Å². The summed E-state index contributed by atoms with van der Waals surface area (Å²) < 4.78 is 5.76. The topological polar surface area (TPSA) is 82.3 Å². The van der Waals surface area contributed by atoms with E-state index in [1.807, 2.05) is 36.4 Å². The Kier molecular flexibility index (Phi) is 6.01. The summed E-state index contributed by atoms with van der Waals surface area (Å²) in [7, 11) is 0. The van der Waals surface area contributed by atoms with Crippen molar-refractivity contribution in [2.75, 3.05) is 6.54 Å². The fourth-order valence-electron chi connectivity index (χ4n) is 4.01. The van der Waals surface area contributed by atoms with Crippen LogP contribution in [0.3, 0.4) is 0 Å². The van der Waals surface area contributed by atoms with Crippen molar-refractivity contribution in [3.05, 3.63) is 101 Å². The molecular weight excluding hydrogens is 388 g/mol. The maximum absolute atomic E-state index is 12.7. The fraction of sp³-hybridized carbons (Fsp3) is 0.231. The first-order valence-electron chi connectivity index (χ1n) is 10.4. The van der Waals surface area contributed by atoms with Gasteiger partial charge in [-0.15, -0.1) is 0 Å². The molecule has 0 bridgehead atoms. The number of ether oxygens (including phenoxy) is 1. The summed E-state index contributed by atoms with van der Waals surface area (Å²) in [5.41, 5.74) is 2.97. The predicted molar refractivity (Wildman–Crippen MR) is 118 cm³/mol. The molecule has 0 heterocycles. The van der Waals surface area contributed by atoms with Gasteiger partial charge in [0.1, 0.15) is 18.0 Å². The zero-order valence-corrected chi connectivity index (χ0v) is 17.2. The SMILES string of the molecule is N#Cc1ccc(OCc2cccc(C(=O)NCC3(O)CCCc4ccccc43)c2)cc1. The van der Waals surface area contributed by atoms with Gasteiger partial charge >= 0.3 is 0 Å². The van der Waals surface area contributed by atoms with Gasteiger partial charge in [0.2, 0.25) is 0 Å². The number of fused-ring (bicyclic) bond motifs is 1. The van der Waals surface area contributed by atoms with Gasteiger partial charge in [-0.3, -0.25) is 4.79 Å². The highest BCUT2D eigenvalue weighted by atomic mass is 16.5. The van der Waals surface area contributed by atoms with E-state index in [1.54, 1.807) is 36.4 Å². The molecule has 0 aromatic heterocycles. The van der Waals surface area contributed by atoms with E-state index in [4.69, 9.17) is 10.00 Å². The average Bonchev–Trinajstić information content (AvgIpc) is 2.82. The third-order valence-electron chi connectivity index (χ3n) is 5.67. The van der Waals surface area contributed by atoms with Crippen LogP contribution in [0, 0.1) is 11.3 Å². The van der Waals surface area contributed by atoms with Gasteiger partial charge < -0.3 is 15.2 Å². The smallest absolute Gasteiger partial charge is 0.251 e. The predicted octanol–water partition coefficient (Wildman–Crippen LogP) is 4.09. The van der Waals surface area contributed by atoms with Gasteiger partial charge in [-0.05, 0) is 72.4 Å². The van der Waals surface area contributed by atoms with Crippen molar-refractivity contribution >= 4 is 5.91 Å². The molecule has 1 aliphatic rings. The highest BCUT2D eigenvalue weighted by Gasteiger charge is 2.34. The Bertz CT molecular complexity index is 1120. The molecule has 5 nitrogen and oxygen atoms in total. The van der Waals surface area contributed by atoms with Gasteiger partial charge in [0.15, 0.2) is 0 Å². The maximum atomic E-state index is 12.7. The number of nitriles is 1. The van der Waals surface area contributed by atoms with Crippen LogP contribution in [-0.4, -0.2) is 17.6 Å². The van der Waals surface area contributed by atoms with E-state index >= 15 is 0 Å². The molecule has 0 spiro atoms. The van der Waals surface area contributed by atoms with E-state index < -0.39 is 5.60 Å². The van der Waals surface area contributed by atoms with Crippen LogP contribution in [0.5, 0.6) is 5.75 Å². The highest BCUT2D eigenvalue weighted by molar-refractivity contribution is 5.94. The van der Waals surface area contributed by atoms with Gasteiger partial charge in [-0.25, -0.2) is 0 Å². The number of rotatable bonds is 6. The van der Waals surface area contributed by atoms with E-state index in [-0.39, 0.29) is 12.5 Å². The number of carbonyl (C=O) groups excluding carboxylic acids is 1. The molecule has 0 saturated heterocycles. The summed E-state index contributed by atoms with van der Waals surface area (Å²) in [5, 5.41) is 22.9. The van der Waals surface area contributed by atoms with Gasteiger partial charge in [0, 0.05) is 5.56 Å². The van der Waals surface area contributed by atoms with Crippen molar-refractivity contribution < 1.29 is 14.6 Å².